The zero-order chi connectivity index (χ0) is 20.4. The minimum atomic E-state index is -0.432. The normalized spacial score (nSPS) is 11.1. The number of hydrogen-bond donors (Lipinski definition) is 2. The number of benzene rings is 3. The molecule has 29 heavy (non-hydrogen) atoms. The summed E-state index contributed by atoms with van der Waals surface area (Å²) in [4.78, 5) is 16.4. The van der Waals surface area contributed by atoms with E-state index < -0.39 is 5.91 Å². The van der Waals surface area contributed by atoms with Gasteiger partial charge in [0.05, 0.1) is 5.52 Å². The summed E-state index contributed by atoms with van der Waals surface area (Å²) in [5.74, 6) is 0.739. The maximum atomic E-state index is 11.7. The van der Waals surface area contributed by atoms with Gasteiger partial charge >= 0.3 is 0 Å². The SMILES string of the molecule is CCCc1nc2c(O)cccc2n1Cc1ccc(-c2ccccc2C(N)=O)cc1. The van der Waals surface area contributed by atoms with Gasteiger partial charge in [-0.25, -0.2) is 4.98 Å². The number of nitrogens with zero attached hydrogens (tertiary/aromatic N) is 2. The van der Waals surface area contributed by atoms with Gasteiger partial charge < -0.3 is 15.4 Å². The molecule has 4 rings (SSSR count). The first-order valence-corrected chi connectivity index (χ1v) is 9.73. The number of para-hydroxylation sites is 1. The number of aryl methyl sites for hydroxylation is 1. The third-order valence-electron chi connectivity index (χ3n) is 5.11. The highest BCUT2D eigenvalue weighted by Crippen LogP contribution is 2.27. The fourth-order valence-corrected chi connectivity index (χ4v) is 3.69. The summed E-state index contributed by atoms with van der Waals surface area (Å²) in [6.45, 7) is 2.78. The van der Waals surface area contributed by atoms with E-state index in [9.17, 15) is 9.90 Å². The first kappa shape index (κ1) is 18.7. The van der Waals surface area contributed by atoms with Crippen molar-refractivity contribution in [1.82, 2.24) is 9.55 Å². The molecule has 0 saturated carbocycles. The Kier molecular flexibility index (Phi) is 5.04. The number of carbonyl (C=O) groups excluding carboxylic acids is 1. The minimum absolute atomic E-state index is 0.206. The second kappa shape index (κ2) is 7.80. The molecule has 0 spiro atoms. The third kappa shape index (κ3) is 3.59. The van der Waals surface area contributed by atoms with E-state index in [4.69, 9.17) is 5.73 Å². The second-order valence-corrected chi connectivity index (χ2v) is 7.12. The Hall–Kier alpha value is -3.60. The molecule has 3 aromatic carbocycles. The number of rotatable bonds is 6. The van der Waals surface area contributed by atoms with Crippen LogP contribution in [0.5, 0.6) is 5.75 Å². The lowest BCUT2D eigenvalue weighted by molar-refractivity contribution is 0.100. The van der Waals surface area contributed by atoms with Gasteiger partial charge in [-0.3, -0.25) is 4.79 Å². The van der Waals surface area contributed by atoms with Gasteiger partial charge in [-0.2, -0.15) is 0 Å². The Morgan fingerprint density at radius 1 is 1.03 bits per heavy atom. The molecule has 0 aliphatic carbocycles. The van der Waals surface area contributed by atoms with Crippen molar-refractivity contribution >= 4 is 16.9 Å². The highest BCUT2D eigenvalue weighted by atomic mass is 16.3. The first-order chi connectivity index (χ1) is 14.1. The molecule has 146 valence electrons. The Morgan fingerprint density at radius 2 is 1.79 bits per heavy atom. The molecule has 0 bridgehead atoms. The summed E-state index contributed by atoms with van der Waals surface area (Å²) < 4.78 is 2.16. The van der Waals surface area contributed by atoms with Crippen molar-refractivity contribution in [3.05, 3.63) is 83.7 Å². The number of phenols is 1. The van der Waals surface area contributed by atoms with E-state index in [-0.39, 0.29) is 5.75 Å². The van der Waals surface area contributed by atoms with E-state index >= 15 is 0 Å². The maximum absolute atomic E-state index is 11.7. The molecule has 5 nitrogen and oxygen atoms in total. The summed E-state index contributed by atoms with van der Waals surface area (Å²) in [6.07, 6.45) is 1.82. The molecule has 4 aromatic rings. The third-order valence-corrected chi connectivity index (χ3v) is 5.11. The van der Waals surface area contributed by atoms with Crippen LogP contribution in [-0.2, 0) is 13.0 Å². The van der Waals surface area contributed by atoms with E-state index in [1.807, 2.05) is 42.5 Å². The molecule has 0 aliphatic rings. The number of carbonyl (C=O) groups is 1. The summed E-state index contributed by atoms with van der Waals surface area (Å²) in [7, 11) is 0. The van der Waals surface area contributed by atoms with Gasteiger partial charge in [0.25, 0.3) is 0 Å². The molecule has 5 heteroatoms. The number of amides is 1. The van der Waals surface area contributed by atoms with Crippen molar-refractivity contribution in [2.24, 2.45) is 5.73 Å². The molecule has 0 atom stereocenters. The molecule has 0 fully saturated rings. The number of aromatic nitrogens is 2. The molecule has 0 unspecified atom stereocenters. The molecular weight excluding hydrogens is 362 g/mol. The molecule has 0 aliphatic heterocycles. The minimum Gasteiger partial charge on any atom is -0.506 e. The van der Waals surface area contributed by atoms with Crippen LogP contribution < -0.4 is 5.73 Å². The molecular formula is C24H23N3O2. The number of nitrogens with two attached hydrogens (primary N) is 1. The Labute approximate surface area is 169 Å². The van der Waals surface area contributed by atoms with E-state index in [1.54, 1.807) is 12.1 Å². The van der Waals surface area contributed by atoms with Crippen molar-refractivity contribution in [3.63, 3.8) is 0 Å². The topological polar surface area (TPSA) is 81.1 Å². The monoisotopic (exact) mass is 385 g/mol. The summed E-state index contributed by atoms with van der Waals surface area (Å²) in [5.41, 5.74) is 10.5. The summed E-state index contributed by atoms with van der Waals surface area (Å²) in [5, 5.41) is 10.2. The largest absolute Gasteiger partial charge is 0.506 e. The fourth-order valence-electron chi connectivity index (χ4n) is 3.69. The Bertz CT molecular complexity index is 1180. The van der Waals surface area contributed by atoms with Crippen LogP contribution in [-0.4, -0.2) is 20.6 Å². The van der Waals surface area contributed by atoms with Crippen molar-refractivity contribution in [2.75, 3.05) is 0 Å². The highest BCUT2D eigenvalue weighted by Gasteiger charge is 2.14. The number of fused-ring (bicyclic) bond motifs is 1. The quantitative estimate of drug-likeness (QED) is 0.512. The van der Waals surface area contributed by atoms with Gasteiger partial charge in [-0.05, 0) is 41.3 Å². The molecule has 0 saturated heterocycles. The van der Waals surface area contributed by atoms with Gasteiger partial charge in [0.1, 0.15) is 17.1 Å². The van der Waals surface area contributed by atoms with Crippen LogP contribution in [0.15, 0.2) is 66.7 Å². The summed E-state index contributed by atoms with van der Waals surface area (Å²) in [6, 6.07) is 21.0. The van der Waals surface area contributed by atoms with Gasteiger partial charge in [0, 0.05) is 18.5 Å². The lowest BCUT2D eigenvalue weighted by atomic mass is 9.98. The number of primary amides is 1. The number of hydrogen-bond acceptors (Lipinski definition) is 3. The van der Waals surface area contributed by atoms with Crippen LogP contribution in [0.2, 0.25) is 0 Å². The smallest absolute Gasteiger partial charge is 0.249 e. The van der Waals surface area contributed by atoms with E-state index in [0.29, 0.717) is 17.6 Å². The fraction of sp³-hybridized carbons (Fsp3) is 0.167. The van der Waals surface area contributed by atoms with Crippen LogP contribution in [0.1, 0.15) is 35.1 Å². The van der Waals surface area contributed by atoms with Crippen LogP contribution in [0, 0.1) is 0 Å². The van der Waals surface area contributed by atoms with Crippen LogP contribution in [0.25, 0.3) is 22.2 Å². The predicted octanol–water partition coefficient (Wildman–Crippen LogP) is 4.51. The van der Waals surface area contributed by atoms with Crippen LogP contribution >= 0.6 is 0 Å². The number of phenolic OH excluding ortho intramolecular Hbond substituents is 1. The average Bonchev–Trinajstić information content (AvgIpc) is 3.07. The number of aromatic hydroxyl groups is 1. The lowest BCUT2D eigenvalue weighted by Gasteiger charge is -2.11. The van der Waals surface area contributed by atoms with Crippen LogP contribution in [0.3, 0.4) is 0 Å². The predicted molar refractivity (Wildman–Crippen MR) is 115 cm³/mol. The van der Waals surface area contributed by atoms with Gasteiger partial charge in [-0.15, -0.1) is 0 Å². The van der Waals surface area contributed by atoms with E-state index in [0.717, 1.165) is 40.9 Å². The molecule has 1 aromatic heterocycles. The van der Waals surface area contributed by atoms with E-state index in [1.165, 1.54) is 0 Å². The molecule has 3 N–H and O–H groups in total. The van der Waals surface area contributed by atoms with E-state index in [2.05, 4.69) is 28.6 Å². The zero-order valence-corrected chi connectivity index (χ0v) is 16.3. The van der Waals surface area contributed by atoms with Crippen LogP contribution in [0.4, 0.5) is 0 Å². The Morgan fingerprint density at radius 3 is 2.52 bits per heavy atom. The van der Waals surface area contributed by atoms with Gasteiger partial charge in [0.15, 0.2) is 0 Å². The first-order valence-electron chi connectivity index (χ1n) is 9.73. The maximum Gasteiger partial charge on any atom is 0.249 e. The van der Waals surface area contributed by atoms with Gasteiger partial charge in [0.2, 0.25) is 5.91 Å². The van der Waals surface area contributed by atoms with Crippen molar-refractivity contribution in [1.29, 1.82) is 0 Å². The molecule has 1 amide bonds. The molecule has 1 heterocycles. The lowest BCUT2D eigenvalue weighted by Crippen LogP contribution is -2.12. The summed E-state index contributed by atoms with van der Waals surface area (Å²) >= 11 is 0. The van der Waals surface area contributed by atoms with Crippen molar-refractivity contribution < 1.29 is 9.90 Å². The number of imidazole rings is 1. The highest BCUT2D eigenvalue weighted by molar-refractivity contribution is 5.99. The van der Waals surface area contributed by atoms with Crippen molar-refractivity contribution in [3.8, 4) is 16.9 Å². The molecule has 0 radical (unpaired) electrons. The zero-order valence-electron chi connectivity index (χ0n) is 16.3. The second-order valence-electron chi connectivity index (χ2n) is 7.12. The Balaban J connectivity index is 1.69. The van der Waals surface area contributed by atoms with Crippen molar-refractivity contribution in [2.45, 2.75) is 26.3 Å². The average molecular weight is 385 g/mol. The standard InChI is InChI=1S/C24H23N3O2/c1-2-6-22-26-23-20(9-5-10-21(23)28)27(22)15-16-11-13-17(14-12-16)18-7-3-4-8-19(18)24(25)29/h3-5,7-14,28H,2,6,15H2,1H3,(H2,25,29). The van der Waals surface area contributed by atoms with Gasteiger partial charge in [-0.1, -0.05) is 55.5 Å².